The SMILES string of the molecule is CON(N)C(C)=O. The van der Waals surface area contributed by atoms with Crippen molar-refractivity contribution in [2.75, 3.05) is 7.11 Å². The summed E-state index contributed by atoms with van der Waals surface area (Å²) in [4.78, 5) is 14.3. The van der Waals surface area contributed by atoms with Crippen LogP contribution in [0.4, 0.5) is 0 Å². The molecule has 0 unspecified atom stereocenters. The maximum atomic E-state index is 10.1. The summed E-state index contributed by atoms with van der Waals surface area (Å²) in [6, 6.07) is 0. The van der Waals surface area contributed by atoms with E-state index in [0.29, 0.717) is 5.17 Å². The molecule has 0 saturated carbocycles. The van der Waals surface area contributed by atoms with E-state index in [-0.39, 0.29) is 5.91 Å². The normalized spacial score (nSPS) is 8.43. The van der Waals surface area contributed by atoms with Crippen molar-refractivity contribution in [3.8, 4) is 0 Å². The van der Waals surface area contributed by atoms with Gasteiger partial charge in [0.15, 0.2) is 0 Å². The Bertz CT molecular complexity index is 73.3. The molecular formula is C3H8N2O2. The first-order valence-electron chi connectivity index (χ1n) is 1.78. The van der Waals surface area contributed by atoms with Crippen LogP contribution in [0.1, 0.15) is 6.92 Å². The zero-order valence-electron chi connectivity index (χ0n) is 4.34. The molecule has 4 nitrogen and oxygen atoms in total. The fourth-order valence-corrected chi connectivity index (χ4v) is 0.129. The Morgan fingerprint density at radius 3 is 2.29 bits per heavy atom. The van der Waals surface area contributed by atoms with Crippen LogP contribution in [-0.2, 0) is 9.63 Å². The van der Waals surface area contributed by atoms with Gasteiger partial charge in [0.25, 0.3) is 5.91 Å². The third-order valence-electron chi connectivity index (χ3n) is 0.507. The van der Waals surface area contributed by atoms with Crippen molar-refractivity contribution >= 4 is 5.91 Å². The predicted octanol–water partition coefficient (Wildman–Crippen LogP) is -0.730. The zero-order chi connectivity index (χ0) is 5.86. The molecule has 0 spiro atoms. The van der Waals surface area contributed by atoms with Gasteiger partial charge in [-0.2, -0.15) is 5.17 Å². The number of hydrogen-bond donors (Lipinski definition) is 1. The molecule has 0 heterocycles. The molecule has 0 aliphatic carbocycles. The van der Waals surface area contributed by atoms with E-state index in [9.17, 15) is 4.79 Å². The molecule has 0 aromatic rings. The molecule has 0 atom stereocenters. The second-order valence-electron chi connectivity index (χ2n) is 1.03. The summed E-state index contributed by atoms with van der Waals surface area (Å²) >= 11 is 0. The minimum absolute atomic E-state index is 0.317. The smallest absolute Gasteiger partial charge is 0.257 e. The van der Waals surface area contributed by atoms with Gasteiger partial charge in [-0.3, -0.25) is 9.63 Å². The molecule has 0 rings (SSSR count). The largest absolute Gasteiger partial charge is 0.271 e. The Hall–Kier alpha value is -0.610. The molecule has 7 heavy (non-hydrogen) atoms. The molecule has 2 N–H and O–H groups in total. The van der Waals surface area contributed by atoms with Crippen molar-refractivity contribution in [1.29, 1.82) is 0 Å². The summed E-state index contributed by atoms with van der Waals surface area (Å²) in [5, 5.41) is 0.653. The van der Waals surface area contributed by atoms with Gasteiger partial charge in [-0.15, -0.1) is 0 Å². The van der Waals surface area contributed by atoms with Gasteiger partial charge in [0, 0.05) is 6.92 Å². The Morgan fingerprint density at radius 1 is 1.86 bits per heavy atom. The second kappa shape index (κ2) is 2.54. The molecule has 4 heteroatoms. The lowest BCUT2D eigenvalue weighted by atomic mass is 10.8. The molecule has 0 aliphatic heterocycles. The van der Waals surface area contributed by atoms with Gasteiger partial charge in [-0.1, -0.05) is 0 Å². The summed E-state index contributed by atoms with van der Waals surface area (Å²) in [6.07, 6.45) is 0. The van der Waals surface area contributed by atoms with E-state index in [1.54, 1.807) is 0 Å². The molecule has 42 valence electrons. The maximum absolute atomic E-state index is 10.1. The first-order chi connectivity index (χ1) is 3.18. The minimum Gasteiger partial charge on any atom is -0.271 e. The summed E-state index contributed by atoms with van der Waals surface area (Å²) in [7, 11) is 1.32. The van der Waals surface area contributed by atoms with Crippen LogP contribution in [0.3, 0.4) is 0 Å². The van der Waals surface area contributed by atoms with Crippen molar-refractivity contribution in [3.63, 3.8) is 0 Å². The van der Waals surface area contributed by atoms with Crippen LogP contribution in [0.5, 0.6) is 0 Å². The number of amides is 1. The third kappa shape index (κ3) is 2.13. The van der Waals surface area contributed by atoms with Crippen molar-refractivity contribution in [1.82, 2.24) is 5.17 Å². The summed E-state index contributed by atoms with van der Waals surface area (Å²) < 4.78 is 0. The Kier molecular flexibility index (Phi) is 2.32. The quantitative estimate of drug-likeness (QED) is 0.271. The lowest BCUT2D eigenvalue weighted by molar-refractivity contribution is -0.174. The highest BCUT2D eigenvalue weighted by Gasteiger charge is 1.96. The Morgan fingerprint density at radius 2 is 2.29 bits per heavy atom. The summed E-state index contributed by atoms with van der Waals surface area (Å²) in [5.41, 5.74) is 0. The van der Waals surface area contributed by atoms with E-state index in [1.165, 1.54) is 14.0 Å². The van der Waals surface area contributed by atoms with E-state index in [0.717, 1.165) is 0 Å². The summed E-state index contributed by atoms with van der Waals surface area (Å²) in [6.45, 7) is 1.31. The van der Waals surface area contributed by atoms with Gasteiger partial charge < -0.3 is 0 Å². The van der Waals surface area contributed by atoms with Crippen LogP contribution < -0.4 is 5.84 Å². The first-order valence-corrected chi connectivity index (χ1v) is 1.78. The average molecular weight is 104 g/mol. The lowest BCUT2D eigenvalue weighted by Gasteiger charge is -2.07. The van der Waals surface area contributed by atoms with E-state index in [2.05, 4.69) is 4.84 Å². The fourth-order valence-electron chi connectivity index (χ4n) is 0.129. The van der Waals surface area contributed by atoms with Crippen LogP contribution in [0.15, 0.2) is 0 Å². The topological polar surface area (TPSA) is 55.6 Å². The number of rotatable bonds is 1. The number of nitrogens with zero attached hydrogens (tertiary/aromatic N) is 1. The van der Waals surface area contributed by atoms with E-state index >= 15 is 0 Å². The number of hydroxylamine groups is 1. The van der Waals surface area contributed by atoms with E-state index in [4.69, 9.17) is 5.84 Å². The highest BCUT2D eigenvalue weighted by atomic mass is 16.7. The minimum atomic E-state index is -0.317. The molecule has 0 radical (unpaired) electrons. The van der Waals surface area contributed by atoms with Gasteiger partial charge in [0.2, 0.25) is 0 Å². The van der Waals surface area contributed by atoms with Crippen LogP contribution in [0.25, 0.3) is 0 Å². The van der Waals surface area contributed by atoms with Crippen molar-refractivity contribution in [2.45, 2.75) is 6.92 Å². The fraction of sp³-hybridized carbons (Fsp3) is 0.667. The predicted molar refractivity (Wildman–Crippen MR) is 23.7 cm³/mol. The number of carbonyl (C=O) groups excluding carboxylic acids is 1. The van der Waals surface area contributed by atoms with Crippen molar-refractivity contribution in [2.24, 2.45) is 5.84 Å². The average Bonchev–Trinajstić information content (AvgIpc) is 1.65. The third-order valence-corrected chi connectivity index (χ3v) is 0.507. The monoisotopic (exact) mass is 104 g/mol. The van der Waals surface area contributed by atoms with Crippen LogP contribution in [-0.4, -0.2) is 18.2 Å². The molecule has 0 aromatic heterocycles. The van der Waals surface area contributed by atoms with Crippen LogP contribution in [0.2, 0.25) is 0 Å². The summed E-state index contributed by atoms with van der Waals surface area (Å²) in [5.74, 6) is 4.56. The highest BCUT2D eigenvalue weighted by Crippen LogP contribution is 1.73. The van der Waals surface area contributed by atoms with Gasteiger partial charge in [-0.25, -0.2) is 5.84 Å². The second-order valence-corrected chi connectivity index (χ2v) is 1.03. The Balaban J connectivity index is 3.34. The van der Waals surface area contributed by atoms with Gasteiger partial charge >= 0.3 is 0 Å². The number of nitrogens with two attached hydrogens (primary N) is 1. The molecule has 0 saturated heterocycles. The van der Waals surface area contributed by atoms with Gasteiger partial charge in [0.05, 0.1) is 7.11 Å². The molecular weight excluding hydrogens is 96.0 g/mol. The lowest BCUT2D eigenvalue weighted by Crippen LogP contribution is -2.33. The van der Waals surface area contributed by atoms with Crippen LogP contribution in [0, 0.1) is 0 Å². The zero-order valence-corrected chi connectivity index (χ0v) is 4.34. The number of hydrazine groups is 1. The number of hydrogen-bond acceptors (Lipinski definition) is 3. The van der Waals surface area contributed by atoms with Gasteiger partial charge in [-0.05, 0) is 0 Å². The maximum Gasteiger partial charge on any atom is 0.257 e. The molecule has 0 fully saturated rings. The van der Waals surface area contributed by atoms with Crippen LogP contribution >= 0.6 is 0 Å². The molecule has 0 aromatic carbocycles. The molecule has 0 bridgehead atoms. The molecule has 0 aliphatic rings. The molecule has 1 amide bonds. The van der Waals surface area contributed by atoms with Crippen molar-refractivity contribution in [3.05, 3.63) is 0 Å². The number of carbonyl (C=O) groups is 1. The first kappa shape index (κ1) is 6.39. The highest BCUT2D eigenvalue weighted by molar-refractivity contribution is 5.71. The van der Waals surface area contributed by atoms with Crippen molar-refractivity contribution < 1.29 is 9.63 Å². The van der Waals surface area contributed by atoms with E-state index in [1.807, 2.05) is 0 Å². The standard InChI is InChI=1S/C3H8N2O2/c1-3(6)5(4)7-2/h4H2,1-2H3. The van der Waals surface area contributed by atoms with E-state index < -0.39 is 0 Å². The Labute approximate surface area is 41.8 Å². The van der Waals surface area contributed by atoms with Gasteiger partial charge in [0.1, 0.15) is 0 Å².